The third-order valence-corrected chi connectivity index (χ3v) is 5.40. The van der Waals surface area contributed by atoms with Gasteiger partial charge in [0.15, 0.2) is 9.84 Å². The summed E-state index contributed by atoms with van der Waals surface area (Å²) in [6.07, 6.45) is 5.85. The van der Waals surface area contributed by atoms with Gasteiger partial charge < -0.3 is 11.1 Å². The maximum absolute atomic E-state index is 11.4. The summed E-state index contributed by atoms with van der Waals surface area (Å²) < 4.78 is 22.8. The molecule has 0 bridgehead atoms. The normalized spacial score (nSPS) is 41.6. The first-order valence-electron chi connectivity index (χ1n) is 5.78. The Balaban J connectivity index is 1.85. The number of nitrogens with two attached hydrogens (primary N) is 1. The van der Waals surface area contributed by atoms with E-state index in [1.54, 1.807) is 0 Å². The van der Waals surface area contributed by atoms with Gasteiger partial charge in [0.25, 0.3) is 0 Å². The molecule has 1 saturated heterocycles. The van der Waals surface area contributed by atoms with E-state index in [4.69, 9.17) is 5.73 Å². The van der Waals surface area contributed by atoms with E-state index in [1.807, 2.05) is 13.0 Å². The van der Waals surface area contributed by atoms with Crippen molar-refractivity contribution >= 4 is 9.84 Å². The fourth-order valence-corrected chi connectivity index (χ4v) is 4.61. The molecule has 0 spiro atoms. The van der Waals surface area contributed by atoms with Crippen LogP contribution >= 0.6 is 0 Å². The Labute approximate surface area is 97.2 Å². The molecule has 0 amide bonds. The van der Waals surface area contributed by atoms with Gasteiger partial charge in [-0.25, -0.2) is 8.42 Å². The van der Waals surface area contributed by atoms with Crippen LogP contribution in [0, 0.1) is 5.92 Å². The first-order chi connectivity index (χ1) is 7.39. The molecule has 3 atom stereocenters. The largest absolute Gasteiger partial charge is 0.324 e. The maximum atomic E-state index is 11.4. The Kier molecular flexibility index (Phi) is 3.11. The molecule has 1 aliphatic carbocycles. The standard InChI is InChI=1S/C11H20N2O2S/c1-11(4-5-16(14,15)8-11)13-7-9-2-3-10(12)6-9/h2-3,9-10,13H,4-8,12H2,1H3. The van der Waals surface area contributed by atoms with E-state index in [0.29, 0.717) is 11.7 Å². The topological polar surface area (TPSA) is 72.2 Å². The Morgan fingerprint density at radius 1 is 1.50 bits per heavy atom. The molecule has 4 nitrogen and oxygen atoms in total. The van der Waals surface area contributed by atoms with Crippen LogP contribution in [0.25, 0.3) is 0 Å². The Morgan fingerprint density at radius 3 is 2.75 bits per heavy atom. The molecular weight excluding hydrogens is 224 g/mol. The molecule has 1 heterocycles. The average molecular weight is 244 g/mol. The molecule has 0 saturated carbocycles. The summed E-state index contributed by atoms with van der Waals surface area (Å²) in [6, 6.07) is 0.173. The van der Waals surface area contributed by atoms with Crippen molar-refractivity contribution in [3.05, 3.63) is 12.2 Å². The zero-order valence-electron chi connectivity index (χ0n) is 9.65. The van der Waals surface area contributed by atoms with Gasteiger partial charge in [-0.1, -0.05) is 12.2 Å². The van der Waals surface area contributed by atoms with E-state index in [9.17, 15) is 8.42 Å². The summed E-state index contributed by atoms with van der Waals surface area (Å²) in [5, 5.41) is 3.39. The molecule has 1 fully saturated rings. The van der Waals surface area contributed by atoms with Gasteiger partial charge in [0.05, 0.1) is 11.5 Å². The maximum Gasteiger partial charge on any atom is 0.152 e. The fraction of sp³-hybridized carbons (Fsp3) is 0.818. The van der Waals surface area contributed by atoms with Crippen molar-refractivity contribution in [2.24, 2.45) is 11.7 Å². The SMILES string of the molecule is CC1(NCC2C=CC(N)C2)CCS(=O)(=O)C1. The van der Waals surface area contributed by atoms with Crippen LogP contribution in [-0.4, -0.2) is 38.0 Å². The van der Waals surface area contributed by atoms with Crippen molar-refractivity contribution in [1.29, 1.82) is 0 Å². The molecule has 1 aliphatic heterocycles. The Morgan fingerprint density at radius 2 is 2.25 bits per heavy atom. The van der Waals surface area contributed by atoms with Crippen LogP contribution in [-0.2, 0) is 9.84 Å². The predicted molar refractivity (Wildman–Crippen MR) is 64.9 cm³/mol. The second-order valence-electron chi connectivity index (χ2n) is 5.33. The molecule has 16 heavy (non-hydrogen) atoms. The van der Waals surface area contributed by atoms with Gasteiger partial charge in [-0.15, -0.1) is 0 Å². The van der Waals surface area contributed by atoms with Crippen molar-refractivity contribution in [3.63, 3.8) is 0 Å². The minimum absolute atomic E-state index is 0.173. The summed E-state index contributed by atoms with van der Waals surface area (Å²) in [6.45, 7) is 2.83. The van der Waals surface area contributed by atoms with Gasteiger partial charge in [-0.2, -0.15) is 0 Å². The third-order valence-electron chi connectivity index (χ3n) is 3.50. The van der Waals surface area contributed by atoms with Gasteiger partial charge in [0, 0.05) is 18.1 Å². The van der Waals surface area contributed by atoms with Gasteiger partial charge >= 0.3 is 0 Å². The molecule has 3 N–H and O–H groups in total. The molecule has 0 radical (unpaired) electrons. The Hall–Kier alpha value is -0.390. The molecule has 3 unspecified atom stereocenters. The Bertz CT molecular complexity index is 391. The predicted octanol–water partition coefficient (Wildman–Crippen LogP) is 0.0566. The smallest absolute Gasteiger partial charge is 0.152 e. The number of hydrogen-bond acceptors (Lipinski definition) is 4. The quantitative estimate of drug-likeness (QED) is 0.689. The third kappa shape index (κ3) is 2.84. The zero-order valence-corrected chi connectivity index (χ0v) is 10.5. The first kappa shape index (κ1) is 12.1. The first-order valence-corrected chi connectivity index (χ1v) is 7.60. The zero-order chi connectivity index (χ0) is 11.8. The van der Waals surface area contributed by atoms with Crippen molar-refractivity contribution < 1.29 is 8.42 Å². The van der Waals surface area contributed by atoms with Crippen LogP contribution in [0.3, 0.4) is 0 Å². The highest BCUT2D eigenvalue weighted by Crippen LogP contribution is 2.24. The van der Waals surface area contributed by atoms with Gasteiger partial charge in [-0.3, -0.25) is 0 Å². The van der Waals surface area contributed by atoms with E-state index in [0.717, 1.165) is 19.4 Å². The van der Waals surface area contributed by atoms with E-state index in [-0.39, 0.29) is 17.3 Å². The minimum atomic E-state index is -2.82. The highest BCUT2D eigenvalue weighted by atomic mass is 32.2. The average Bonchev–Trinajstić information content (AvgIpc) is 2.69. The van der Waals surface area contributed by atoms with Crippen molar-refractivity contribution in [2.75, 3.05) is 18.1 Å². The molecule has 2 aliphatic rings. The minimum Gasteiger partial charge on any atom is -0.324 e. The lowest BCUT2D eigenvalue weighted by atomic mass is 10.00. The number of hydrogen-bond donors (Lipinski definition) is 2. The van der Waals surface area contributed by atoms with E-state index >= 15 is 0 Å². The van der Waals surface area contributed by atoms with Crippen LogP contribution in [0.4, 0.5) is 0 Å². The molecule has 0 aromatic heterocycles. The van der Waals surface area contributed by atoms with Gasteiger partial charge in [-0.05, 0) is 25.7 Å². The molecular formula is C11H20N2O2S. The second kappa shape index (κ2) is 4.13. The lowest BCUT2D eigenvalue weighted by molar-refractivity contribution is 0.369. The van der Waals surface area contributed by atoms with Crippen molar-refractivity contribution in [3.8, 4) is 0 Å². The highest BCUT2D eigenvalue weighted by Gasteiger charge is 2.38. The van der Waals surface area contributed by atoms with Crippen molar-refractivity contribution in [2.45, 2.75) is 31.3 Å². The van der Waals surface area contributed by atoms with Crippen LogP contribution < -0.4 is 11.1 Å². The summed E-state index contributed by atoms with van der Waals surface area (Å²) >= 11 is 0. The molecule has 0 aromatic carbocycles. The molecule has 0 aromatic rings. The van der Waals surface area contributed by atoms with Gasteiger partial charge in [0.2, 0.25) is 0 Å². The number of sulfone groups is 1. The fourth-order valence-electron chi connectivity index (χ4n) is 2.49. The molecule has 92 valence electrons. The second-order valence-corrected chi connectivity index (χ2v) is 7.51. The van der Waals surface area contributed by atoms with Crippen LogP contribution in [0.15, 0.2) is 12.2 Å². The van der Waals surface area contributed by atoms with Crippen LogP contribution in [0.1, 0.15) is 19.8 Å². The van der Waals surface area contributed by atoms with Crippen LogP contribution in [0.5, 0.6) is 0 Å². The summed E-state index contributed by atoms with van der Waals surface area (Å²) in [7, 11) is -2.82. The molecule has 2 rings (SSSR count). The van der Waals surface area contributed by atoms with Crippen molar-refractivity contribution in [1.82, 2.24) is 5.32 Å². The highest BCUT2D eigenvalue weighted by molar-refractivity contribution is 7.91. The van der Waals surface area contributed by atoms with Gasteiger partial charge in [0.1, 0.15) is 0 Å². The monoisotopic (exact) mass is 244 g/mol. The van der Waals surface area contributed by atoms with E-state index in [2.05, 4.69) is 11.4 Å². The lowest BCUT2D eigenvalue weighted by Gasteiger charge is -2.25. The van der Waals surface area contributed by atoms with E-state index in [1.165, 1.54) is 0 Å². The van der Waals surface area contributed by atoms with E-state index < -0.39 is 9.84 Å². The summed E-state index contributed by atoms with van der Waals surface area (Å²) in [4.78, 5) is 0. The van der Waals surface area contributed by atoms with Crippen LogP contribution in [0.2, 0.25) is 0 Å². The summed E-state index contributed by atoms with van der Waals surface area (Å²) in [5.74, 6) is 1.04. The summed E-state index contributed by atoms with van der Waals surface area (Å²) in [5.41, 5.74) is 5.54. The number of rotatable bonds is 3. The number of nitrogens with one attached hydrogen (secondary N) is 1. The molecule has 5 heteroatoms. The lowest BCUT2D eigenvalue weighted by Crippen LogP contribution is -2.45.